The third-order valence-electron chi connectivity index (χ3n) is 3.62. The van der Waals surface area contributed by atoms with Crippen molar-refractivity contribution < 1.29 is 21.9 Å². The number of para-hydroxylation sites is 2. The second kappa shape index (κ2) is 9.88. The fraction of sp³-hybridized carbons (Fsp3) is 0.278. The average molecular weight is 412 g/mol. The van der Waals surface area contributed by atoms with E-state index >= 15 is 0 Å². The van der Waals surface area contributed by atoms with Gasteiger partial charge in [0.05, 0.1) is 11.9 Å². The van der Waals surface area contributed by atoms with E-state index in [0.717, 1.165) is 11.8 Å². The summed E-state index contributed by atoms with van der Waals surface area (Å²) in [6.07, 6.45) is 1.08. The van der Waals surface area contributed by atoms with E-state index in [1.807, 2.05) is 0 Å². The molecule has 0 unspecified atom stereocenters. The number of hydrogen-bond acceptors (Lipinski definition) is 4. The van der Waals surface area contributed by atoms with Crippen LogP contribution in [0, 0.1) is 0 Å². The minimum absolute atomic E-state index is 0.0863. The summed E-state index contributed by atoms with van der Waals surface area (Å²) in [5, 5.41) is 6.07. The van der Waals surface area contributed by atoms with Crippen LogP contribution >= 0.6 is 0 Å². The van der Waals surface area contributed by atoms with Crippen LogP contribution in [0.25, 0.3) is 0 Å². The lowest BCUT2D eigenvalue weighted by Gasteiger charge is -2.16. The summed E-state index contributed by atoms with van der Waals surface area (Å²) in [6.45, 7) is -2.39. The summed E-state index contributed by atoms with van der Waals surface area (Å²) in [6, 6.07) is 13.4. The Morgan fingerprint density at radius 3 is 2.21 bits per heavy atom. The maximum Gasteiger partial charge on any atom is 0.387 e. The van der Waals surface area contributed by atoms with Gasteiger partial charge in [-0.25, -0.2) is 8.42 Å². The van der Waals surface area contributed by atoms with Crippen molar-refractivity contribution in [3.8, 4) is 5.75 Å². The lowest BCUT2D eigenvalue weighted by Crippen LogP contribution is -2.36. The minimum atomic E-state index is -3.40. The Bertz CT molecular complexity index is 921. The zero-order chi connectivity index (χ0) is 20.6. The molecule has 0 radical (unpaired) electrons. The first-order chi connectivity index (χ1) is 13.3. The number of aliphatic imine (C=N–C) groups is 1. The van der Waals surface area contributed by atoms with E-state index in [4.69, 9.17) is 0 Å². The second-order valence-corrected chi connectivity index (χ2v) is 7.55. The van der Waals surface area contributed by atoms with Gasteiger partial charge in [-0.2, -0.15) is 8.78 Å². The number of ether oxygens (including phenoxy) is 1. The van der Waals surface area contributed by atoms with Crippen molar-refractivity contribution >= 4 is 21.7 Å². The van der Waals surface area contributed by atoms with Gasteiger partial charge in [0.25, 0.3) is 0 Å². The van der Waals surface area contributed by atoms with Gasteiger partial charge in [-0.3, -0.25) is 9.71 Å². The molecule has 0 saturated heterocycles. The summed E-state index contributed by atoms with van der Waals surface area (Å²) >= 11 is 0. The molecular weight excluding hydrogens is 390 g/mol. The van der Waals surface area contributed by atoms with E-state index in [1.54, 1.807) is 49.5 Å². The maximum atomic E-state index is 12.5. The lowest BCUT2D eigenvalue weighted by molar-refractivity contribution is -0.0504. The van der Waals surface area contributed by atoms with Crippen LogP contribution in [-0.2, 0) is 23.1 Å². The third-order valence-corrected chi connectivity index (χ3v) is 4.21. The molecule has 10 heteroatoms. The van der Waals surface area contributed by atoms with Gasteiger partial charge in [0.1, 0.15) is 5.75 Å². The summed E-state index contributed by atoms with van der Waals surface area (Å²) in [4.78, 5) is 4.08. The van der Waals surface area contributed by atoms with Crippen molar-refractivity contribution in [1.29, 1.82) is 0 Å². The molecule has 0 heterocycles. The fourth-order valence-corrected chi connectivity index (χ4v) is 3.01. The van der Waals surface area contributed by atoms with Gasteiger partial charge >= 0.3 is 6.61 Å². The highest BCUT2D eigenvalue weighted by atomic mass is 32.2. The fourth-order valence-electron chi connectivity index (χ4n) is 2.41. The monoisotopic (exact) mass is 412 g/mol. The molecule has 2 aromatic rings. The van der Waals surface area contributed by atoms with E-state index in [-0.39, 0.29) is 12.3 Å². The highest BCUT2D eigenvalue weighted by Gasteiger charge is 2.10. The van der Waals surface area contributed by atoms with E-state index in [2.05, 4.69) is 25.1 Å². The Balaban J connectivity index is 2.00. The first-order valence-corrected chi connectivity index (χ1v) is 10.2. The van der Waals surface area contributed by atoms with Crippen LogP contribution in [0.5, 0.6) is 5.75 Å². The number of sulfonamides is 1. The van der Waals surface area contributed by atoms with Crippen LogP contribution in [0.3, 0.4) is 0 Å². The molecule has 152 valence electrons. The molecule has 0 bridgehead atoms. The molecule has 0 aliphatic heterocycles. The Hall–Kier alpha value is -2.88. The largest absolute Gasteiger partial charge is 0.434 e. The summed E-state index contributed by atoms with van der Waals surface area (Å²) in [5.41, 5.74) is 1.73. The first kappa shape index (κ1) is 21.4. The van der Waals surface area contributed by atoms with Crippen LogP contribution in [-0.4, -0.2) is 34.3 Å². The Labute approximate surface area is 162 Å². The molecule has 2 aromatic carbocycles. The highest BCUT2D eigenvalue weighted by molar-refractivity contribution is 7.92. The molecule has 0 atom stereocenters. The number of benzene rings is 2. The highest BCUT2D eigenvalue weighted by Crippen LogP contribution is 2.20. The smallest absolute Gasteiger partial charge is 0.387 e. The van der Waals surface area contributed by atoms with Crippen LogP contribution in [0.15, 0.2) is 53.5 Å². The van der Waals surface area contributed by atoms with Crippen LogP contribution in [0.1, 0.15) is 11.1 Å². The van der Waals surface area contributed by atoms with Crippen molar-refractivity contribution in [2.45, 2.75) is 19.7 Å². The molecule has 28 heavy (non-hydrogen) atoms. The number of halogens is 2. The molecule has 7 nitrogen and oxygen atoms in total. The van der Waals surface area contributed by atoms with Crippen LogP contribution in [0.2, 0.25) is 0 Å². The van der Waals surface area contributed by atoms with E-state index in [9.17, 15) is 17.2 Å². The number of hydrogen-bond donors (Lipinski definition) is 3. The molecule has 0 saturated carbocycles. The summed E-state index contributed by atoms with van der Waals surface area (Å²) in [5.74, 6) is 0.504. The van der Waals surface area contributed by atoms with E-state index in [1.165, 1.54) is 6.07 Å². The normalized spacial score (nSPS) is 12.0. The van der Waals surface area contributed by atoms with Gasteiger partial charge in [-0.15, -0.1) is 0 Å². The molecule has 0 aliphatic rings. The van der Waals surface area contributed by atoms with Crippen LogP contribution in [0.4, 0.5) is 14.5 Å². The molecule has 2 rings (SSSR count). The van der Waals surface area contributed by atoms with Gasteiger partial charge in [0.2, 0.25) is 10.0 Å². The zero-order valence-electron chi connectivity index (χ0n) is 15.4. The number of rotatable bonds is 8. The summed E-state index contributed by atoms with van der Waals surface area (Å²) in [7, 11) is -1.84. The molecule has 0 spiro atoms. The quantitative estimate of drug-likeness (QED) is 0.458. The van der Waals surface area contributed by atoms with E-state index in [0.29, 0.717) is 23.8 Å². The molecule has 0 amide bonds. The number of guanidine groups is 1. The van der Waals surface area contributed by atoms with Gasteiger partial charge in [-0.05, 0) is 17.7 Å². The van der Waals surface area contributed by atoms with Crippen molar-refractivity contribution in [3.63, 3.8) is 0 Å². The summed E-state index contributed by atoms with van der Waals surface area (Å²) < 4.78 is 54.9. The second-order valence-electron chi connectivity index (χ2n) is 5.80. The van der Waals surface area contributed by atoms with Crippen LogP contribution < -0.4 is 20.1 Å². The third kappa shape index (κ3) is 7.03. The molecule has 0 aliphatic carbocycles. The molecular formula is C18H22F2N4O3S. The minimum Gasteiger partial charge on any atom is -0.434 e. The predicted molar refractivity (Wildman–Crippen MR) is 105 cm³/mol. The number of nitrogens with one attached hydrogen (secondary N) is 3. The van der Waals surface area contributed by atoms with Gasteiger partial charge < -0.3 is 15.4 Å². The first-order valence-electron chi connectivity index (χ1n) is 8.31. The van der Waals surface area contributed by atoms with Crippen molar-refractivity contribution in [2.24, 2.45) is 4.99 Å². The number of alkyl halides is 2. The van der Waals surface area contributed by atoms with Gasteiger partial charge in [0, 0.05) is 25.7 Å². The van der Waals surface area contributed by atoms with Gasteiger partial charge in [0.15, 0.2) is 5.96 Å². The van der Waals surface area contributed by atoms with Gasteiger partial charge in [-0.1, -0.05) is 36.4 Å². The van der Waals surface area contributed by atoms with Crippen molar-refractivity contribution in [3.05, 3.63) is 59.7 Å². The van der Waals surface area contributed by atoms with Crippen molar-refractivity contribution in [2.75, 3.05) is 18.0 Å². The topological polar surface area (TPSA) is 91.8 Å². The Morgan fingerprint density at radius 1 is 1.04 bits per heavy atom. The maximum absolute atomic E-state index is 12.5. The SMILES string of the molecule is CN=C(NCc1ccccc1NS(C)(=O)=O)NCc1ccccc1OC(F)F. The average Bonchev–Trinajstić information content (AvgIpc) is 2.62. The number of anilines is 1. The predicted octanol–water partition coefficient (Wildman–Crippen LogP) is 2.52. The molecule has 0 aromatic heterocycles. The lowest BCUT2D eigenvalue weighted by atomic mass is 10.2. The van der Waals surface area contributed by atoms with E-state index < -0.39 is 16.6 Å². The number of nitrogens with zero attached hydrogens (tertiary/aromatic N) is 1. The Kier molecular flexibility index (Phi) is 7.56. The molecule has 3 N–H and O–H groups in total. The van der Waals surface area contributed by atoms with Crippen molar-refractivity contribution in [1.82, 2.24) is 10.6 Å². The molecule has 0 fully saturated rings. The Morgan fingerprint density at radius 2 is 1.61 bits per heavy atom. The standard InChI is InChI=1S/C18H22F2N4O3S/c1-21-18(23-12-14-8-4-6-10-16(14)27-17(19)20)22-11-13-7-3-5-9-15(13)24-28(2,25)26/h3-10,17,24H,11-12H2,1-2H3,(H2,21,22,23). The zero-order valence-corrected chi connectivity index (χ0v) is 16.3.